The van der Waals surface area contributed by atoms with Gasteiger partial charge in [0.25, 0.3) is 0 Å². The van der Waals surface area contributed by atoms with Crippen molar-refractivity contribution in [2.24, 2.45) is 23.7 Å². The van der Waals surface area contributed by atoms with Gasteiger partial charge in [0.1, 0.15) is 19.3 Å². The molecular weight excluding hydrogens is 1160 g/mol. The maximum Gasteiger partial charge on any atom is 0.472 e. The molecule has 522 valence electrons. The minimum Gasteiger partial charge on any atom is -0.462 e. The van der Waals surface area contributed by atoms with Gasteiger partial charge in [0, 0.05) is 25.7 Å². The molecule has 0 rings (SSSR count). The highest BCUT2D eigenvalue weighted by molar-refractivity contribution is 7.47. The van der Waals surface area contributed by atoms with Crippen molar-refractivity contribution in [1.82, 2.24) is 0 Å². The number of ether oxygens (including phenoxy) is 4. The second kappa shape index (κ2) is 58.8. The molecule has 88 heavy (non-hydrogen) atoms. The van der Waals surface area contributed by atoms with Crippen LogP contribution in [0.25, 0.3) is 0 Å². The van der Waals surface area contributed by atoms with Gasteiger partial charge in [0.15, 0.2) is 12.2 Å². The van der Waals surface area contributed by atoms with Gasteiger partial charge in [-0.05, 0) is 49.4 Å². The highest BCUT2D eigenvalue weighted by Crippen LogP contribution is 2.45. The monoisotopic (exact) mass is 1300 g/mol. The number of phosphoric ester groups is 2. The maximum atomic E-state index is 13.0. The van der Waals surface area contributed by atoms with Crippen molar-refractivity contribution in [2.75, 3.05) is 39.6 Å². The number of hydrogen-bond acceptors (Lipinski definition) is 15. The van der Waals surface area contributed by atoms with E-state index in [4.69, 9.17) is 37.0 Å². The minimum absolute atomic E-state index is 0.102. The van der Waals surface area contributed by atoms with Gasteiger partial charge < -0.3 is 33.8 Å². The zero-order chi connectivity index (χ0) is 65.4. The van der Waals surface area contributed by atoms with Crippen molar-refractivity contribution in [3.05, 3.63) is 0 Å². The van der Waals surface area contributed by atoms with Gasteiger partial charge in [-0.3, -0.25) is 37.3 Å². The number of aliphatic hydroxyl groups excluding tert-OH is 1. The van der Waals surface area contributed by atoms with Gasteiger partial charge in [-0.1, -0.05) is 287 Å². The van der Waals surface area contributed by atoms with Gasteiger partial charge in [-0.25, -0.2) is 9.13 Å². The largest absolute Gasteiger partial charge is 0.472 e. The molecule has 4 unspecified atom stereocenters. The third kappa shape index (κ3) is 61.6. The maximum absolute atomic E-state index is 13.0. The third-order valence-electron chi connectivity index (χ3n) is 16.2. The normalized spacial score (nSPS) is 14.6. The summed E-state index contributed by atoms with van der Waals surface area (Å²) in [6.07, 6.45) is 40.4. The summed E-state index contributed by atoms with van der Waals surface area (Å²) in [5.41, 5.74) is 0. The summed E-state index contributed by atoms with van der Waals surface area (Å²) in [5, 5.41) is 10.6. The van der Waals surface area contributed by atoms with Gasteiger partial charge in [0.05, 0.1) is 26.4 Å². The Morgan fingerprint density at radius 2 is 0.545 bits per heavy atom. The first-order valence-corrected chi connectivity index (χ1v) is 38.7. The Morgan fingerprint density at radius 3 is 0.807 bits per heavy atom. The standard InChI is InChI=1S/C69H134O17P2/c1-9-62(8)48-40-32-24-17-18-25-33-41-49-66(71)79-55-65(86-69(74)52-44-36-28-20-23-31-39-47-61(6)7)58-84-88(77,78)82-54-63(70)53-81-87(75,76)83-57-64(56-80-67(72)50-42-34-27-19-22-30-38-46-60(4)5)85-68(73)51-43-35-26-16-14-12-10-11-13-15-21-29-37-45-59(2)3/h59-65,70H,9-58H2,1-8H3,(H,75,76)(H,77,78)/t62?,63?,64-,65-/m1/s1. The highest BCUT2D eigenvalue weighted by atomic mass is 31.2. The zero-order valence-electron chi connectivity index (χ0n) is 57.3. The van der Waals surface area contributed by atoms with Crippen LogP contribution in [0.2, 0.25) is 0 Å². The molecule has 0 aromatic heterocycles. The molecule has 0 saturated heterocycles. The van der Waals surface area contributed by atoms with Crippen LogP contribution in [0.3, 0.4) is 0 Å². The van der Waals surface area contributed by atoms with E-state index in [1.807, 2.05) is 0 Å². The van der Waals surface area contributed by atoms with E-state index in [1.54, 1.807) is 0 Å². The van der Waals surface area contributed by atoms with Crippen molar-refractivity contribution in [1.29, 1.82) is 0 Å². The fourth-order valence-electron chi connectivity index (χ4n) is 10.3. The Morgan fingerprint density at radius 1 is 0.318 bits per heavy atom. The Balaban J connectivity index is 5.24. The number of esters is 4. The Hall–Kier alpha value is -1.94. The van der Waals surface area contributed by atoms with Crippen LogP contribution in [0.4, 0.5) is 0 Å². The van der Waals surface area contributed by atoms with Crippen LogP contribution in [0.15, 0.2) is 0 Å². The second-order valence-electron chi connectivity index (χ2n) is 26.6. The van der Waals surface area contributed by atoms with E-state index >= 15 is 0 Å². The van der Waals surface area contributed by atoms with Crippen LogP contribution in [0, 0.1) is 23.7 Å². The summed E-state index contributed by atoms with van der Waals surface area (Å²) >= 11 is 0. The molecule has 17 nitrogen and oxygen atoms in total. The Kier molecular flexibility index (Phi) is 57.6. The Bertz CT molecular complexity index is 1750. The molecule has 0 amide bonds. The lowest BCUT2D eigenvalue weighted by Gasteiger charge is -2.21. The fraction of sp³-hybridized carbons (Fsp3) is 0.942. The van der Waals surface area contributed by atoms with Crippen LogP contribution < -0.4 is 0 Å². The molecule has 0 bridgehead atoms. The van der Waals surface area contributed by atoms with Crippen molar-refractivity contribution < 1.29 is 80.2 Å². The van der Waals surface area contributed by atoms with Crippen molar-refractivity contribution >= 4 is 39.5 Å². The van der Waals surface area contributed by atoms with Gasteiger partial charge in [-0.15, -0.1) is 0 Å². The first-order valence-electron chi connectivity index (χ1n) is 35.7. The molecule has 0 aliphatic carbocycles. The smallest absolute Gasteiger partial charge is 0.462 e. The SMILES string of the molecule is CCC(C)CCCCCCCCCCC(=O)OC[C@H](COP(=O)(O)OCC(O)COP(=O)(O)OC[C@@H](COC(=O)CCCCCCCCCC(C)C)OC(=O)CCCCCCCCCCCCCCCC(C)C)OC(=O)CCCCCCCCCC(C)C. The van der Waals surface area contributed by atoms with Crippen molar-refractivity contribution in [2.45, 2.75) is 356 Å². The summed E-state index contributed by atoms with van der Waals surface area (Å²) in [5.74, 6) is 0.831. The average Bonchev–Trinajstić information content (AvgIpc) is 3.37. The van der Waals surface area contributed by atoms with Crippen LogP contribution in [0.1, 0.15) is 338 Å². The molecular formula is C69H134O17P2. The van der Waals surface area contributed by atoms with E-state index < -0.39 is 97.5 Å². The summed E-state index contributed by atoms with van der Waals surface area (Å²) < 4.78 is 68.2. The average molecular weight is 1300 g/mol. The lowest BCUT2D eigenvalue weighted by atomic mass is 9.99. The first-order chi connectivity index (χ1) is 42.1. The van der Waals surface area contributed by atoms with Gasteiger partial charge in [-0.2, -0.15) is 0 Å². The van der Waals surface area contributed by atoms with E-state index in [0.29, 0.717) is 37.5 Å². The third-order valence-corrected chi connectivity index (χ3v) is 18.1. The molecule has 0 aliphatic rings. The summed E-state index contributed by atoms with van der Waals surface area (Å²) in [7, 11) is -9.90. The zero-order valence-corrected chi connectivity index (χ0v) is 59.1. The lowest BCUT2D eigenvalue weighted by Crippen LogP contribution is -2.30. The molecule has 0 aromatic carbocycles. The second-order valence-corrected chi connectivity index (χ2v) is 29.5. The highest BCUT2D eigenvalue weighted by Gasteiger charge is 2.30. The summed E-state index contributed by atoms with van der Waals surface area (Å²) in [4.78, 5) is 72.4. The fourth-order valence-corrected chi connectivity index (χ4v) is 11.9. The number of unbranched alkanes of at least 4 members (excludes halogenated alkanes) is 31. The molecule has 0 saturated carbocycles. The van der Waals surface area contributed by atoms with Crippen LogP contribution in [-0.2, 0) is 65.4 Å². The molecule has 19 heteroatoms. The molecule has 0 aliphatic heterocycles. The number of carbonyl (C=O) groups excluding carboxylic acids is 4. The first kappa shape index (κ1) is 86.1. The predicted molar refractivity (Wildman–Crippen MR) is 354 cm³/mol. The molecule has 0 spiro atoms. The molecule has 0 heterocycles. The predicted octanol–water partition coefficient (Wildman–Crippen LogP) is 19.3. The molecule has 6 atom stereocenters. The number of aliphatic hydroxyl groups is 1. The minimum atomic E-state index is -4.95. The quantitative estimate of drug-likeness (QED) is 0.0222. The van der Waals surface area contributed by atoms with Gasteiger partial charge >= 0.3 is 39.5 Å². The van der Waals surface area contributed by atoms with Crippen molar-refractivity contribution in [3.8, 4) is 0 Å². The van der Waals surface area contributed by atoms with E-state index in [0.717, 1.165) is 108 Å². The molecule has 0 radical (unpaired) electrons. The number of phosphoric acid groups is 2. The van der Waals surface area contributed by atoms with E-state index in [-0.39, 0.29) is 25.7 Å². The lowest BCUT2D eigenvalue weighted by molar-refractivity contribution is -0.161. The van der Waals surface area contributed by atoms with Gasteiger partial charge in [0.2, 0.25) is 0 Å². The number of carbonyl (C=O) groups is 4. The number of rotatable bonds is 66. The number of hydrogen-bond donors (Lipinski definition) is 3. The van der Waals surface area contributed by atoms with E-state index in [1.165, 1.54) is 135 Å². The summed E-state index contributed by atoms with van der Waals surface area (Å²) in [6.45, 7) is 14.0. The Labute approximate surface area is 537 Å². The van der Waals surface area contributed by atoms with Crippen LogP contribution in [0.5, 0.6) is 0 Å². The van der Waals surface area contributed by atoms with E-state index in [9.17, 15) is 43.2 Å². The molecule has 3 N–H and O–H groups in total. The van der Waals surface area contributed by atoms with Crippen molar-refractivity contribution in [3.63, 3.8) is 0 Å². The molecule has 0 fully saturated rings. The summed E-state index contributed by atoms with van der Waals surface area (Å²) in [6, 6.07) is 0. The van der Waals surface area contributed by atoms with Crippen LogP contribution >= 0.6 is 15.6 Å². The molecule has 0 aromatic rings. The van der Waals surface area contributed by atoms with Crippen LogP contribution in [-0.4, -0.2) is 96.7 Å². The van der Waals surface area contributed by atoms with E-state index in [2.05, 4.69) is 55.4 Å². The topological polar surface area (TPSA) is 237 Å².